The van der Waals surface area contributed by atoms with E-state index in [0.717, 1.165) is 27.7 Å². The van der Waals surface area contributed by atoms with Gasteiger partial charge < -0.3 is 14.7 Å². The Hall–Kier alpha value is -3.49. The van der Waals surface area contributed by atoms with Crippen LogP contribution in [0.25, 0.3) is 10.9 Å². The number of anilines is 1. The molecular weight excluding hydrogens is 480 g/mol. The number of nitrogens with zero attached hydrogens (tertiary/aromatic N) is 4. The summed E-state index contributed by atoms with van der Waals surface area (Å²) in [7, 11) is 1.60. The molecule has 0 aliphatic carbocycles. The molecular formula is C26H28N4O5S. The first-order valence-electron chi connectivity index (χ1n) is 11.5. The van der Waals surface area contributed by atoms with E-state index in [9.17, 15) is 13.6 Å². The van der Waals surface area contributed by atoms with E-state index in [4.69, 9.17) is 9.84 Å². The second-order valence-corrected chi connectivity index (χ2v) is 9.31. The Bertz CT molecular complexity index is 1310. The maximum absolute atomic E-state index is 11.8. The van der Waals surface area contributed by atoms with Gasteiger partial charge in [-0.15, -0.1) is 4.41 Å². The third-order valence-corrected chi connectivity index (χ3v) is 6.91. The number of methoxy groups -OCH3 is 1. The third-order valence-electron chi connectivity index (χ3n) is 6.00. The average Bonchev–Trinajstić information content (AvgIpc) is 2.87. The van der Waals surface area contributed by atoms with Gasteiger partial charge in [0.05, 0.1) is 19.0 Å². The van der Waals surface area contributed by atoms with E-state index >= 15 is 0 Å². The smallest absolute Gasteiger partial charge is 0.305 e. The van der Waals surface area contributed by atoms with Crippen LogP contribution in [-0.4, -0.2) is 73.6 Å². The van der Waals surface area contributed by atoms with Gasteiger partial charge in [0.1, 0.15) is 0 Å². The van der Waals surface area contributed by atoms with Crippen molar-refractivity contribution < 1.29 is 23.4 Å². The molecule has 36 heavy (non-hydrogen) atoms. The largest absolute Gasteiger partial charge is 0.481 e. The van der Waals surface area contributed by atoms with Gasteiger partial charge in [0, 0.05) is 60.5 Å². The molecule has 0 amide bonds. The fraction of sp³-hybridized carbons (Fsp3) is 0.308. The maximum atomic E-state index is 11.8. The van der Waals surface area contributed by atoms with Gasteiger partial charge in [0.15, 0.2) is 0 Å². The molecule has 188 valence electrons. The van der Waals surface area contributed by atoms with Gasteiger partial charge >= 0.3 is 5.97 Å². The monoisotopic (exact) mass is 508 g/mol. The van der Waals surface area contributed by atoms with Crippen LogP contribution in [0, 0.1) is 11.8 Å². The highest BCUT2D eigenvalue weighted by atomic mass is 32.2. The van der Waals surface area contributed by atoms with Crippen molar-refractivity contribution in [2.45, 2.75) is 19.4 Å². The summed E-state index contributed by atoms with van der Waals surface area (Å²) in [5, 5.41) is 11.8. The number of carbonyl (C=O) groups is 1. The SMILES string of the molecule is COc1ccc2cc(C#Cc3ccc(N4CCN(N(C(C)CC(=O)O)S(=O)O)CC4)cc3)ccc2n1. The van der Waals surface area contributed by atoms with Crippen molar-refractivity contribution in [2.75, 3.05) is 38.2 Å². The summed E-state index contributed by atoms with van der Waals surface area (Å²) in [5.41, 5.74) is 3.70. The first kappa shape index (κ1) is 25.6. The minimum Gasteiger partial charge on any atom is -0.481 e. The first-order valence-corrected chi connectivity index (χ1v) is 12.6. The molecule has 10 heteroatoms. The quantitative estimate of drug-likeness (QED) is 0.371. The summed E-state index contributed by atoms with van der Waals surface area (Å²) >= 11 is -2.28. The summed E-state index contributed by atoms with van der Waals surface area (Å²) in [4.78, 5) is 17.6. The van der Waals surface area contributed by atoms with Gasteiger partial charge in [-0.05, 0) is 55.5 Å². The predicted octanol–water partition coefficient (Wildman–Crippen LogP) is 2.98. The van der Waals surface area contributed by atoms with Crippen LogP contribution in [-0.2, 0) is 16.1 Å². The topological polar surface area (TPSA) is 106 Å². The van der Waals surface area contributed by atoms with E-state index in [-0.39, 0.29) is 6.42 Å². The van der Waals surface area contributed by atoms with Gasteiger partial charge in [-0.25, -0.2) is 14.2 Å². The number of carboxylic acids is 1. The number of hydrogen-bond acceptors (Lipinski definition) is 6. The minimum atomic E-state index is -2.28. The number of fused-ring (bicyclic) bond motifs is 1. The molecule has 1 saturated heterocycles. The maximum Gasteiger partial charge on any atom is 0.305 e. The van der Waals surface area contributed by atoms with Crippen molar-refractivity contribution in [1.82, 2.24) is 14.4 Å². The average molecular weight is 509 g/mol. The van der Waals surface area contributed by atoms with Crippen molar-refractivity contribution in [3.05, 3.63) is 65.7 Å². The molecule has 4 rings (SSSR count). The summed E-state index contributed by atoms with van der Waals surface area (Å²) < 4.78 is 28.0. The standard InChI is InChI=1S/C26H28N4O5S/c1-19(17-26(31)32)30(36(33)34)29-15-13-28(14-16-29)23-9-5-20(6-10-23)3-4-21-7-11-24-22(18-21)8-12-25(27-24)35-2/h5-12,18-19H,13-17H2,1-2H3,(H,31,32)(H,33,34). The van der Waals surface area contributed by atoms with Crippen LogP contribution >= 0.6 is 0 Å². The lowest BCUT2D eigenvalue weighted by atomic mass is 10.1. The zero-order valence-corrected chi connectivity index (χ0v) is 20.9. The number of hydrogen-bond donors (Lipinski definition) is 2. The molecule has 2 unspecified atom stereocenters. The molecule has 2 heterocycles. The molecule has 9 nitrogen and oxygen atoms in total. The third kappa shape index (κ3) is 6.19. The van der Waals surface area contributed by atoms with Crippen LogP contribution in [0.1, 0.15) is 24.5 Å². The van der Waals surface area contributed by atoms with Crippen LogP contribution in [0.2, 0.25) is 0 Å². The number of carboxylic acid groups (broad SMARTS) is 1. The highest BCUT2D eigenvalue weighted by Crippen LogP contribution is 2.21. The van der Waals surface area contributed by atoms with Crippen molar-refractivity contribution >= 4 is 33.8 Å². The molecule has 1 aliphatic rings. The van der Waals surface area contributed by atoms with E-state index in [2.05, 4.69) is 21.7 Å². The molecule has 2 atom stereocenters. The van der Waals surface area contributed by atoms with Crippen LogP contribution in [0.15, 0.2) is 54.6 Å². The van der Waals surface area contributed by atoms with Gasteiger partial charge in [0.2, 0.25) is 17.1 Å². The van der Waals surface area contributed by atoms with E-state index < -0.39 is 23.3 Å². The fourth-order valence-electron chi connectivity index (χ4n) is 4.21. The Labute approximate surface area is 212 Å². The van der Waals surface area contributed by atoms with Gasteiger partial charge in [-0.3, -0.25) is 9.35 Å². The number of benzene rings is 2. The number of pyridine rings is 1. The second-order valence-electron chi connectivity index (χ2n) is 8.48. The molecule has 0 saturated carbocycles. The summed E-state index contributed by atoms with van der Waals surface area (Å²) in [6.07, 6.45) is -0.208. The number of aromatic nitrogens is 1. The van der Waals surface area contributed by atoms with Gasteiger partial charge in [0.25, 0.3) is 0 Å². The minimum absolute atomic E-state index is 0.208. The van der Waals surface area contributed by atoms with Crippen LogP contribution in [0.4, 0.5) is 5.69 Å². The van der Waals surface area contributed by atoms with Crippen LogP contribution in [0.3, 0.4) is 0 Å². The number of ether oxygens (including phenoxy) is 1. The Balaban J connectivity index is 1.38. The van der Waals surface area contributed by atoms with E-state index in [1.807, 2.05) is 54.6 Å². The van der Waals surface area contributed by atoms with E-state index in [1.165, 1.54) is 4.41 Å². The molecule has 0 bridgehead atoms. The molecule has 0 radical (unpaired) electrons. The van der Waals surface area contributed by atoms with Crippen LogP contribution < -0.4 is 9.64 Å². The van der Waals surface area contributed by atoms with Crippen molar-refractivity contribution in [1.29, 1.82) is 0 Å². The first-order chi connectivity index (χ1) is 17.3. The number of piperazine rings is 1. The zero-order valence-electron chi connectivity index (χ0n) is 20.1. The molecule has 1 fully saturated rings. The van der Waals surface area contributed by atoms with Crippen molar-refractivity contribution in [2.24, 2.45) is 0 Å². The lowest BCUT2D eigenvalue weighted by molar-refractivity contribution is -0.139. The molecule has 0 spiro atoms. The second kappa shape index (κ2) is 11.5. The van der Waals surface area contributed by atoms with Crippen LogP contribution in [0.5, 0.6) is 5.88 Å². The van der Waals surface area contributed by atoms with Crippen molar-refractivity contribution in [3.63, 3.8) is 0 Å². The van der Waals surface area contributed by atoms with E-state index in [0.29, 0.717) is 32.1 Å². The number of aliphatic carboxylic acids is 1. The molecule has 2 N–H and O–H groups in total. The highest BCUT2D eigenvalue weighted by Gasteiger charge is 2.30. The normalized spacial score (nSPS) is 15.8. The summed E-state index contributed by atoms with van der Waals surface area (Å²) in [6, 6.07) is 17.1. The Morgan fingerprint density at radius 1 is 1.08 bits per heavy atom. The highest BCUT2D eigenvalue weighted by molar-refractivity contribution is 7.76. The van der Waals surface area contributed by atoms with Gasteiger partial charge in [-0.1, -0.05) is 11.8 Å². The molecule has 3 aromatic rings. The number of hydrazine groups is 1. The number of rotatable bonds is 7. The Morgan fingerprint density at radius 2 is 1.75 bits per heavy atom. The molecule has 2 aromatic carbocycles. The lowest BCUT2D eigenvalue weighted by Gasteiger charge is -2.41. The van der Waals surface area contributed by atoms with Gasteiger partial charge in [-0.2, -0.15) is 0 Å². The van der Waals surface area contributed by atoms with E-state index in [1.54, 1.807) is 19.0 Å². The zero-order chi connectivity index (χ0) is 25.7. The summed E-state index contributed by atoms with van der Waals surface area (Å²) in [6.45, 7) is 3.96. The molecule has 1 aromatic heterocycles. The molecule has 1 aliphatic heterocycles. The predicted molar refractivity (Wildman–Crippen MR) is 139 cm³/mol. The fourth-order valence-corrected chi connectivity index (χ4v) is 4.96. The summed E-state index contributed by atoms with van der Waals surface area (Å²) in [5.74, 6) is 5.99. The van der Waals surface area contributed by atoms with Crippen molar-refractivity contribution in [3.8, 4) is 17.7 Å². The lowest BCUT2D eigenvalue weighted by Crippen LogP contribution is -2.57. The Morgan fingerprint density at radius 3 is 2.39 bits per heavy atom. The Kier molecular flexibility index (Phi) is 8.18.